The van der Waals surface area contributed by atoms with Gasteiger partial charge in [-0.2, -0.15) is 0 Å². The summed E-state index contributed by atoms with van der Waals surface area (Å²) >= 11 is 0. The molecule has 2 aromatic carbocycles. The number of para-hydroxylation sites is 1. The van der Waals surface area contributed by atoms with Crippen LogP contribution in [0.3, 0.4) is 0 Å². The summed E-state index contributed by atoms with van der Waals surface area (Å²) in [5.74, 6) is -1.59. The van der Waals surface area contributed by atoms with E-state index in [-0.39, 0.29) is 37.6 Å². The molecule has 4 amide bonds. The Bertz CT molecular complexity index is 1820. The fraction of sp³-hybridized carbons (Fsp3) is 0.375. The second-order valence-corrected chi connectivity index (χ2v) is 15.0. The number of nitrogens with zero attached hydrogens (tertiary/aromatic N) is 4. The Morgan fingerprint density at radius 1 is 1.08 bits per heavy atom. The standard InChI is InChI=1S/C32H39BN6O11P2/c1-20(2)16-27(39(24-9-6-5-8-21(24)3)29(41)19-36-30(42)23-18-34-13-14-35-23)33-49-25-12-11-22(17-26(25)50-33)38(4)32(43)48-15-7-10-28(40)37-31(51-44)52(45,46)47/h5-6,8-9,11-14,17-18,20,27,31H,7,10,15-16,19H2,1-4H3,(H,36,42)(H,37,40)(H2,45,46,47)/t27-,31?/m1/s1. The molecule has 0 radical (unpaired) electrons. The monoisotopic (exact) mass is 756 g/mol. The van der Waals surface area contributed by atoms with Gasteiger partial charge in [0.05, 0.1) is 25.0 Å². The third-order valence-corrected chi connectivity index (χ3v) is 10.0. The number of anilines is 2. The summed E-state index contributed by atoms with van der Waals surface area (Å²) in [6.45, 7) is 5.35. The van der Waals surface area contributed by atoms with Gasteiger partial charge in [-0.1, -0.05) is 32.0 Å². The molecule has 0 fully saturated rings. The van der Waals surface area contributed by atoms with Crippen molar-refractivity contribution in [3.05, 3.63) is 72.3 Å². The Kier molecular flexibility index (Phi) is 13.8. The maximum absolute atomic E-state index is 14.0. The Hall–Kier alpha value is -4.89. The van der Waals surface area contributed by atoms with Gasteiger partial charge < -0.3 is 39.4 Å². The molecule has 20 heteroatoms. The maximum atomic E-state index is 14.0. The van der Waals surface area contributed by atoms with Crippen LogP contribution in [0.25, 0.3) is 0 Å². The summed E-state index contributed by atoms with van der Waals surface area (Å²) in [6, 6.07) is 12.2. The van der Waals surface area contributed by atoms with Crippen LogP contribution >= 0.6 is 16.1 Å². The summed E-state index contributed by atoms with van der Waals surface area (Å²) < 4.78 is 40.0. The molecule has 4 rings (SSSR count). The average Bonchev–Trinajstić information content (AvgIpc) is 3.54. The first kappa shape index (κ1) is 39.9. The molecule has 0 spiro atoms. The minimum Gasteiger partial charge on any atom is -0.522 e. The number of nitrogens with one attached hydrogen (secondary N) is 2. The molecule has 3 aromatic rings. The highest BCUT2D eigenvalue weighted by atomic mass is 31.2. The predicted octanol–water partition coefficient (Wildman–Crippen LogP) is 3.68. The van der Waals surface area contributed by atoms with Crippen molar-refractivity contribution < 1.29 is 52.1 Å². The number of ether oxygens (including phenoxy) is 1. The number of amides is 4. The van der Waals surface area contributed by atoms with Gasteiger partial charge in [0.1, 0.15) is 23.1 Å². The van der Waals surface area contributed by atoms with Crippen molar-refractivity contribution in [1.29, 1.82) is 0 Å². The zero-order valence-electron chi connectivity index (χ0n) is 28.9. The molecule has 2 heterocycles. The molecule has 276 valence electrons. The lowest BCUT2D eigenvalue weighted by Crippen LogP contribution is -2.56. The minimum absolute atomic E-state index is 0.0369. The van der Waals surface area contributed by atoms with E-state index in [1.807, 2.05) is 50.4 Å². The zero-order chi connectivity index (χ0) is 38.0. The lowest BCUT2D eigenvalue weighted by atomic mass is 9.72. The molecule has 0 saturated heterocycles. The third-order valence-electron chi connectivity index (χ3n) is 7.76. The Morgan fingerprint density at radius 3 is 2.46 bits per heavy atom. The summed E-state index contributed by atoms with van der Waals surface area (Å²) in [6.07, 6.45) is 3.64. The van der Waals surface area contributed by atoms with Crippen LogP contribution in [0, 0.1) is 12.8 Å². The van der Waals surface area contributed by atoms with Crippen LogP contribution < -0.4 is 29.7 Å². The van der Waals surface area contributed by atoms with Gasteiger partial charge in [0.25, 0.3) is 5.91 Å². The van der Waals surface area contributed by atoms with Crippen molar-refractivity contribution in [2.24, 2.45) is 5.92 Å². The van der Waals surface area contributed by atoms with Crippen molar-refractivity contribution in [3.8, 4) is 11.5 Å². The molecule has 2 atom stereocenters. The van der Waals surface area contributed by atoms with Gasteiger partial charge >= 0.3 is 20.8 Å². The zero-order valence-corrected chi connectivity index (χ0v) is 30.7. The second kappa shape index (κ2) is 18.0. The van der Waals surface area contributed by atoms with E-state index in [9.17, 15) is 28.3 Å². The topological polar surface area (TPSA) is 227 Å². The SMILES string of the molecule is Cc1ccccc1N(C(=O)CNC(=O)c1cnccn1)[C@H](CC(C)C)B1Oc2ccc(N(C)C(=O)OCCCC(=O)NC(P=O)P(=O)(O)O)cc2O1. The lowest BCUT2D eigenvalue weighted by molar-refractivity contribution is -0.121. The third kappa shape index (κ3) is 10.6. The number of aromatic nitrogens is 2. The first-order valence-electron chi connectivity index (χ1n) is 16.2. The van der Waals surface area contributed by atoms with Gasteiger partial charge in [0.15, 0.2) is 8.46 Å². The summed E-state index contributed by atoms with van der Waals surface area (Å²) in [4.78, 5) is 80.4. The van der Waals surface area contributed by atoms with E-state index in [1.165, 1.54) is 30.5 Å². The van der Waals surface area contributed by atoms with E-state index in [2.05, 4.69) is 15.3 Å². The lowest BCUT2D eigenvalue weighted by Gasteiger charge is -2.34. The first-order chi connectivity index (χ1) is 24.7. The van der Waals surface area contributed by atoms with Crippen molar-refractivity contribution >= 4 is 58.4 Å². The average molecular weight is 756 g/mol. The van der Waals surface area contributed by atoms with Crippen molar-refractivity contribution in [1.82, 2.24) is 20.6 Å². The molecule has 1 unspecified atom stereocenters. The molecule has 52 heavy (non-hydrogen) atoms. The van der Waals surface area contributed by atoms with Gasteiger partial charge in [-0.25, -0.2) is 9.78 Å². The Balaban J connectivity index is 1.44. The van der Waals surface area contributed by atoms with Crippen LogP contribution in [-0.2, 0) is 23.5 Å². The number of aryl methyl sites for hydroxylation is 1. The highest BCUT2D eigenvalue weighted by Gasteiger charge is 2.46. The van der Waals surface area contributed by atoms with Crippen LogP contribution in [0.4, 0.5) is 16.2 Å². The number of carbonyl (C=O) groups excluding carboxylic acids is 4. The number of fused-ring (bicyclic) bond motifs is 1. The number of hydrogen-bond acceptors (Lipinski definition) is 11. The van der Waals surface area contributed by atoms with Crippen LogP contribution in [0.5, 0.6) is 11.5 Å². The number of benzene rings is 2. The van der Waals surface area contributed by atoms with E-state index < -0.39 is 58.5 Å². The van der Waals surface area contributed by atoms with Crippen molar-refractivity contribution in [2.75, 3.05) is 30.0 Å². The number of carbonyl (C=O) groups is 4. The molecule has 1 aliphatic heterocycles. The highest BCUT2D eigenvalue weighted by Crippen LogP contribution is 2.45. The van der Waals surface area contributed by atoms with Gasteiger partial charge in [0.2, 0.25) is 17.3 Å². The largest absolute Gasteiger partial charge is 0.619 e. The van der Waals surface area contributed by atoms with Crippen molar-refractivity contribution in [3.63, 3.8) is 0 Å². The van der Waals surface area contributed by atoms with E-state index in [0.717, 1.165) is 5.56 Å². The number of rotatable bonds is 16. The van der Waals surface area contributed by atoms with E-state index in [1.54, 1.807) is 23.1 Å². The van der Waals surface area contributed by atoms with Gasteiger partial charge in [0, 0.05) is 37.6 Å². The van der Waals surface area contributed by atoms with E-state index in [0.29, 0.717) is 29.3 Å². The highest BCUT2D eigenvalue weighted by molar-refractivity contribution is 7.61. The molecule has 0 bridgehead atoms. The molecular formula is C32H39BN6O11P2. The molecule has 0 aliphatic carbocycles. The molecule has 17 nitrogen and oxygen atoms in total. The molecule has 1 aromatic heterocycles. The van der Waals surface area contributed by atoms with Crippen LogP contribution in [0.15, 0.2) is 61.1 Å². The molecule has 1 aliphatic rings. The second-order valence-electron chi connectivity index (χ2n) is 12.2. The van der Waals surface area contributed by atoms with Crippen LogP contribution in [-0.4, -0.2) is 82.4 Å². The Labute approximate surface area is 301 Å². The summed E-state index contributed by atoms with van der Waals surface area (Å²) in [5, 5.41) is 4.61. The van der Waals surface area contributed by atoms with Crippen LogP contribution in [0.1, 0.15) is 49.2 Å². The molecular weight excluding hydrogens is 717 g/mol. The van der Waals surface area contributed by atoms with Gasteiger partial charge in [-0.15, -0.1) is 0 Å². The Morgan fingerprint density at radius 2 is 1.81 bits per heavy atom. The predicted molar refractivity (Wildman–Crippen MR) is 190 cm³/mol. The number of hydrogen-bond donors (Lipinski definition) is 4. The smallest absolute Gasteiger partial charge is 0.522 e. The maximum Gasteiger partial charge on any atom is 0.619 e. The molecule has 0 saturated carbocycles. The van der Waals surface area contributed by atoms with Crippen LogP contribution in [0.2, 0.25) is 0 Å². The fourth-order valence-electron chi connectivity index (χ4n) is 5.21. The van der Waals surface area contributed by atoms with E-state index >= 15 is 0 Å². The van der Waals surface area contributed by atoms with Crippen molar-refractivity contribution in [2.45, 2.75) is 51.5 Å². The first-order valence-corrected chi connectivity index (χ1v) is 18.7. The normalized spacial score (nSPS) is 13.3. The van der Waals surface area contributed by atoms with Gasteiger partial charge in [-0.3, -0.25) is 33.4 Å². The molecule has 4 N–H and O–H groups in total. The quantitative estimate of drug-likeness (QED) is 0.0931. The van der Waals surface area contributed by atoms with E-state index in [4.69, 9.17) is 23.8 Å². The fourth-order valence-corrected chi connectivity index (χ4v) is 6.21. The minimum atomic E-state index is -4.80. The van der Waals surface area contributed by atoms with Gasteiger partial charge in [-0.05, 0) is 49.4 Å². The summed E-state index contributed by atoms with van der Waals surface area (Å²) in [7, 11) is -5.21. The summed E-state index contributed by atoms with van der Waals surface area (Å²) in [5.41, 5.74) is 0.0355.